The van der Waals surface area contributed by atoms with Crippen LogP contribution >= 0.6 is 15.9 Å². The van der Waals surface area contributed by atoms with Crippen LogP contribution in [0.3, 0.4) is 0 Å². The summed E-state index contributed by atoms with van der Waals surface area (Å²) < 4.78 is 22.8. The van der Waals surface area contributed by atoms with Crippen LogP contribution in [0.15, 0.2) is 57.1 Å². The van der Waals surface area contributed by atoms with Crippen molar-refractivity contribution >= 4 is 33.4 Å². The maximum Gasteiger partial charge on any atom is 0.315 e. The number of methoxy groups -OCH3 is 3. The second kappa shape index (κ2) is 10.9. The molecular weight excluding hydrogens is 526 g/mol. The van der Waals surface area contributed by atoms with Crippen molar-refractivity contribution in [3.8, 4) is 17.2 Å². The number of hydrogen-bond acceptors (Lipinski definition) is 7. The Balaban J connectivity index is 1.83. The Kier molecular flexibility index (Phi) is 7.83. The third-order valence-electron chi connectivity index (χ3n) is 6.83. The van der Waals surface area contributed by atoms with Gasteiger partial charge in [0, 0.05) is 39.4 Å². The summed E-state index contributed by atoms with van der Waals surface area (Å²) in [4.78, 5) is 31.8. The number of benzene rings is 2. The van der Waals surface area contributed by atoms with E-state index in [0.29, 0.717) is 47.1 Å². The minimum absolute atomic E-state index is 0.0337. The smallest absolute Gasteiger partial charge is 0.315 e. The summed E-state index contributed by atoms with van der Waals surface area (Å²) in [6.07, 6.45) is 0.863. The van der Waals surface area contributed by atoms with Crippen molar-refractivity contribution in [3.63, 3.8) is 0 Å². The molecule has 1 heterocycles. The van der Waals surface area contributed by atoms with Crippen molar-refractivity contribution in [2.24, 2.45) is 10.9 Å². The zero-order chi connectivity index (χ0) is 26.0. The van der Waals surface area contributed by atoms with Gasteiger partial charge in [0.1, 0.15) is 11.7 Å². The van der Waals surface area contributed by atoms with Gasteiger partial charge in [-0.25, -0.2) is 0 Å². The number of allylic oxidation sites excluding steroid dienone is 2. The lowest BCUT2D eigenvalue weighted by molar-refractivity contribution is -0.146. The molecule has 0 saturated heterocycles. The van der Waals surface area contributed by atoms with Crippen LogP contribution in [0.4, 0.5) is 0 Å². The van der Waals surface area contributed by atoms with Gasteiger partial charge < -0.3 is 18.9 Å². The summed E-state index contributed by atoms with van der Waals surface area (Å²) >= 11 is 3.54. The number of halogens is 1. The highest BCUT2D eigenvalue weighted by Crippen LogP contribution is 2.49. The minimum Gasteiger partial charge on any atom is -0.496 e. The summed E-state index contributed by atoms with van der Waals surface area (Å²) in [5.74, 6) is 0.0846. The number of ketones is 1. The molecule has 1 aliphatic heterocycles. The second-order valence-electron chi connectivity index (χ2n) is 8.85. The van der Waals surface area contributed by atoms with Gasteiger partial charge in [-0.05, 0) is 62.1 Å². The van der Waals surface area contributed by atoms with E-state index in [-0.39, 0.29) is 18.3 Å². The summed E-state index contributed by atoms with van der Waals surface area (Å²) in [6.45, 7) is 3.84. The number of carbonyl (C=O) groups is 2. The molecule has 0 aromatic heterocycles. The van der Waals surface area contributed by atoms with Crippen molar-refractivity contribution in [3.05, 3.63) is 63.3 Å². The molecule has 0 N–H and O–H groups in total. The molecule has 1 unspecified atom stereocenters. The monoisotopic (exact) mass is 555 g/mol. The van der Waals surface area contributed by atoms with Gasteiger partial charge in [-0.2, -0.15) is 0 Å². The van der Waals surface area contributed by atoms with Gasteiger partial charge in [0.2, 0.25) is 0 Å². The highest BCUT2D eigenvalue weighted by molar-refractivity contribution is 9.10. The summed E-state index contributed by atoms with van der Waals surface area (Å²) in [6, 6.07) is 11.3. The third kappa shape index (κ3) is 4.78. The first-order valence-corrected chi connectivity index (χ1v) is 12.7. The number of hydrogen-bond donors (Lipinski definition) is 0. The number of nitrogens with zero attached hydrogens (tertiary/aromatic N) is 1. The van der Waals surface area contributed by atoms with E-state index in [9.17, 15) is 9.59 Å². The fraction of sp³-hybridized carbons (Fsp3) is 0.393. The highest BCUT2D eigenvalue weighted by atomic mass is 79.9. The number of esters is 1. The van der Waals surface area contributed by atoms with Crippen molar-refractivity contribution in [2.75, 3.05) is 27.9 Å². The van der Waals surface area contributed by atoms with Crippen LogP contribution in [-0.4, -0.2) is 45.4 Å². The van der Waals surface area contributed by atoms with Crippen LogP contribution in [0.1, 0.15) is 49.7 Å². The Morgan fingerprint density at radius 2 is 1.69 bits per heavy atom. The average Bonchev–Trinajstić information content (AvgIpc) is 2.87. The Morgan fingerprint density at radius 3 is 2.36 bits per heavy atom. The molecule has 1 aliphatic carbocycles. The first-order chi connectivity index (χ1) is 17.3. The van der Waals surface area contributed by atoms with Gasteiger partial charge in [0.05, 0.1) is 27.9 Å². The minimum atomic E-state index is -0.714. The summed E-state index contributed by atoms with van der Waals surface area (Å²) in [7, 11) is 4.77. The van der Waals surface area contributed by atoms with Crippen LogP contribution in [-0.2, 0) is 14.3 Å². The molecule has 0 spiro atoms. The predicted octanol–water partition coefficient (Wildman–Crippen LogP) is 5.61. The molecule has 2 aromatic rings. The first-order valence-electron chi connectivity index (χ1n) is 11.9. The quantitative estimate of drug-likeness (QED) is 0.412. The van der Waals surface area contributed by atoms with E-state index in [2.05, 4.69) is 15.9 Å². The van der Waals surface area contributed by atoms with Gasteiger partial charge >= 0.3 is 5.97 Å². The molecule has 0 bridgehead atoms. The number of ether oxygens (including phenoxy) is 4. The molecular formula is C28H30BrNO6. The van der Waals surface area contributed by atoms with E-state index in [1.807, 2.05) is 43.3 Å². The molecule has 0 amide bonds. The molecule has 0 fully saturated rings. The maximum atomic E-state index is 13.8. The Labute approximate surface area is 219 Å². The van der Waals surface area contributed by atoms with Crippen molar-refractivity contribution < 1.29 is 28.5 Å². The number of carbonyl (C=O) groups excluding carboxylic acids is 2. The van der Waals surface area contributed by atoms with Gasteiger partial charge in [-0.15, -0.1) is 0 Å². The van der Waals surface area contributed by atoms with Gasteiger partial charge in [-0.3, -0.25) is 14.6 Å². The lowest BCUT2D eigenvalue weighted by Crippen LogP contribution is -2.38. The lowest BCUT2D eigenvalue weighted by Gasteiger charge is -2.37. The second-order valence-corrected chi connectivity index (χ2v) is 9.77. The Hall–Kier alpha value is -3.13. The molecule has 0 radical (unpaired) electrons. The highest BCUT2D eigenvalue weighted by Gasteiger charge is 2.45. The fourth-order valence-electron chi connectivity index (χ4n) is 5.22. The van der Waals surface area contributed by atoms with Crippen molar-refractivity contribution in [2.45, 2.75) is 38.5 Å². The molecule has 0 saturated carbocycles. The molecule has 4 rings (SSSR count). The van der Waals surface area contributed by atoms with Crippen LogP contribution < -0.4 is 14.2 Å². The van der Waals surface area contributed by atoms with Gasteiger partial charge in [-0.1, -0.05) is 22.0 Å². The Morgan fingerprint density at radius 1 is 1.00 bits per heavy atom. The predicted molar refractivity (Wildman–Crippen MR) is 140 cm³/mol. The number of Topliss-reactive ketones (excluding diaryl/α,β-unsaturated/α-hetero) is 1. The normalized spacial score (nSPS) is 21.4. The van der Waals surface area contributed by atoms with Gasteiger partial charge in [0.25, 0.3) is 0 Å². The van der Waals surface area contributed by atoms with E-state index in [1.165, 1.54) is 0 Å². The largest absolute Gasteiger partial charge is 0.496 e. The van der Waals surface area contributed by atoms with Crippen LogP contribution in [0.2, 0.25) is 0 Å². The van der Waals surface area contributed by atoms with E-state index in [1.54, 1.807) is 28.3 Å². The topological polar surface area (TPSA) is 83.4 Å². The number of rotatable bonds is 7. The van der Waals surface area contributed by atoms with Crippen molar-refractivity contribution in [1.29, 1.82) is 0 Å². The van der Waals surface area contributed by atoms with Crippen molar-refractivity contribution in [1.82, 2.24) is 0 Å². The Bertz CT molecular complexity index is 1250. The molecule has 36 heavy (non-hydrogen) atoms. The summed E-state index contributed by atoms with van der Waals surface area (Å²) in [5.41, 5.74) is 3.62. The molecule has 2 aromatic carbocycles. The zero-order valence-electron chi connectivity index (χ0n) is 21.1. The molecule has 8 heteroatoms. The lowest BCUT2D eigenvalue weighted by atomic mass is 9.69. The fourth-order valence-corrected chi connectivity index (χ4v) is 5.60. The van der Waals surface area contributed by atoms with Gasteiger partial charge in [0.15, 0.2) is 17.3 Å². The van der Waals surface area contributed by atoms with E-state index < -0.39 is 17.8 Å². The first kappa shape index (κ1) is 25.9. The van der Waals surface area contributed by atoms with E-state index in [4.69, 9.17) is 23.9 Å². The zero-order valence-corrected chi connectivity index (χ0v) is 22.7. The number of aliphatic imine (C=N–C) groups is 1. The molecule has 3 atom stereocenters. The van der Waals surface area contributed by atoms with Crippen LogP contribution in [0.25, 0.3) is 0 Å². The average molecular weight is 556 g/mol. The maximum absolute atomic E-state index is 13.8. The summed E-state index contributed by atoms with van der Waals surface area (Å²) in [5, 5.41) is 0. The third-order valence-corrected chi connectivity index (χ3v) is 7.33. The molecule has 2 aliphatic rings. The van der Waals surface area contributed by atoms with E-state index >= 15 is 0 Å². The molecule has 190 valence electrons. The molecule has 7 nitrogen and oxygen atoms in total. The standard InChI is InChI=1S/C28H30BrNO6/c1-6-36-28(32)25-15(2)30-20-11-17(16-7-9-23(34-4)24(13-16)35-5)12-21(31)27(20)26(25)19-14-18(29)8-10-22(19)33-3/h7-10,13-14,17,25-26H,6,11-12H2,1-5H3/t17-,25?,26-/m1/s1. The SMILES string of the molecule is CCOC(=O)C1C(C)=NC2=C(C(=O)C[C@H](c3ccc(OC)c(OC)c3)C2)[C@@H]1c1cc(Br)ccc1OC. The van der Waals surface area contributed by atoms with Crippen LogP contribution in [0, 0.1) is 5.92 Å². The van der Waals surface area contributed by atoms with E-state index in [0.717, 1.165) is 15.6 Å². The van der Waals surface area contributed by atoms with Crippen LogP contribution in [0.5, 0.6) is 17.2 Å².